The third kappa shape index (κ3) is 4.40. The zero-order valence-electron chi connectivity index (χ0n) is 20.8. The third-order valence-corrected chi connectivity index (χ3v) is 8.17. The van der Waals surface area contributed by atoms with Gasteiger partial charge in [-0.25, -0.2) is 0 Å². The number of nitrogens with zero attached hydrogens (tertiary/aromatic N) is 2. The topological polar surface area (TPSA) is 85.0 Å². The summed E-state index contributed by atoms with van der Waals surface area (Å²) in [5.74, 6) is 0.539. The molecule has 0 radical (unpaired) electrons. The number of aromatic amines is 2. The molecular weight excluding hydrogens is 424 g/mol. The SMILES string of the molecule is CC(C(=O)N(CCO)c1ccc2cc(-c3n[nH]c4c3CCC(C)(C)C4)[nH]c2c1)C1CCCCC1. The van der Waals surface area contributed by atoms with Gasteiger partial charge in [0.05, 0.1) is 12.3 Å². The van der Waals surface area contributed by atoms with E-state index in [-0.39, 0.29) is 18.4 Å². The molecule has 2 aliphatic rings. The predicted molar refractivity (Wildman–Crippen MR) is 137 cm³/mol. The molecular formula is C28H38N4O2. The minimum Gasteiger partial charge on any atom is -0.395 e. The van der Waals surface area contributed by atoms with Gasteiger partial charge in [0.15, 0.2) is 0 Å². The van der Waals surface area contributed by atoms with E-state index in [9.17, 15) is 9.90 Å². The molecule has 2 heterocycles. The summed E-state index contributed by atoms with van der Waals surface area (Å²) in [6.45, 7) is 6.96. The number of nitrogens with one attached hydrogen (secondary N) is 2. The summed E-state index contributed by atoms with van der Waals surface area (Å²) in [6.07, 6.45) is 9.19. The van der Waals surface area contributed by atoms with E-state index in [2.05, 4.69) is 48.1 Å². The first-order valence-corrected chi connectivity index (χ1v) is 13.0. The molecule has 1 fully saturated rings. The Balaban J connectivity index is 1.42. The van der Waals surface area contributed by atoms with Crippen molar-refractivity contribution in [1.82, 2.24) is 15.2 Å². The quantitative estimate of drug-likeness (QED) is 0.445. The fourth-order valence-corrected chi connectivity index (χ4v) is 6.03. The number of amides is 1. The number of benzene rings is 1. The number of aliphatic hydroxyl groups excluding tert-OH is 1. The fourth-order valence-electron chi connectivity index (χ4n) is 6.03. The molecule has 6 nitrogen and oxygen atoms in total. The average molecular weight is 463 g/mol. The van der Waals surface area contributed by atoms with Crippen LogP contribution in [0, 0.1) is 17.3 Å². The van der Waals surface area contributed by atoms with E-state index in [4.69, 9.17) is 0 Å². The minimum atomic E-state index is -0.0487. The maximum atomic E-state index is 13.5. The summed E-state index contributed by atoms with van der Waals surface area (Å²) in [4.78, 5) is 18.8. The molecule has 0 saturated heterocycles. The smallest absolute Gasteiger partial charge is 0.230 e. The molecule has 2 aromatic heterocycles. The first-order chi connectivity index (χ1) is 16.4. The molecule has 5 rings (SSSR count). The summed E-state index contributed by atoms with van der Waals surface area (Å²) < 4.78 is 0. The number of carbonyl (C=O) groups is 1. The van der Waals surface area contributed by atoms with Crippen molar-refractivity contribution < 1.29 is 9.90 Å². The molecule has 1 aromatic carbocycles. The molecule has 1 amide bonds. The van der Waals surface area contributed by atoms with Crippen molar-refractivity contribution in [2.45, 2.75) is 72.1 Å². The fraction of sp³-hybridized carbons (Fsp3) is 0.571. The second-order valence-electron chi connectivity index (χ2n) is 11.2. The van der Waals surface area contributed by atoms with E-state index >= 15 is 0 Å². The number of hydrogen-bond acceptors (Lipinski definition) is 3. The second kappa shape index (κ2) is 9.21. The van der Waals surface area contributed by atoms with Crippen molar-refractivity contribution in [3.8, 4) is 11.4 Å². The Labute approximate surface area is 202 Å². The van der Waals surface area contributed by atoms with Crippen molar-refractivity contribution in [2.24, 2.45) is 17.3 Å². The van der Waals surface area contributed by atoms with Gasteiger partial charge in [0, 0.05) is 40.3 Å². The molecule has 6 heteroatoms. The Kier molecular flexibility index (Phi) is 6.28. The number of aromatic nitrogens is 3. The molecule has 1 unspecified atom stereocenters. The Morgan fingerprint density at radius 2 is 2.03 bits per heavy atom. The number of rotatable bonds is 6. The van der Waals surface area contributed by atoms with Gasteiger partial charge in [0.1, 0.15) is 5.69 Å². The van der Waals surface area contributed by atoms with Crippen molar-refractivity contribution in [3.05, 3.63) is 35.5 Å². The largest absolute Gasteiger partial charge is 0.395 e. The van der Waals surface area contributed by atoms with Gasteiger partial charge < -0.3 is 15.0 Å². The Morgan fingerprint density at radius 3 is 2.79 bits per heavy atom. The van der Waals surface area contributed by atoms with Crippen LogP contribution in [-0.4, -0.2) is 39.3 Å². The minimum absolute atomic E-state index is 0.0263. The van der Waals surface area contributed by atoms with Crippen LogP contribution in [0.5, 0.6) is 0 Å². The average Bonchev–Trinajstić information content (AvgIpc) is 3.44. The summed E-state index contributed by atoms with van der Waals surface area (Å²) >= 11 is 0. The van der Waals surface area contributed by atoms with Gasteiger partial charge in [-0.1, -0.05) is 46.1 Å². The molecule has 3 aromatic rings. The highest BCUT2D eigenvalue weighted by Crippen LogP contribution is 2.38. The first kappa shape index (κ1) is 23.2. The lowest BCUT2D eigenvalue weighted by molar-refractivity contribution is -0.124. The van der Waals surface area contributed by atoms with Crippen LogP contribution in [0.1, 0.15) is 70.6 Å². The van der Waals surface area contributed by atoms with Crippen LogP contribution in [0.4, 0.5) is 5.69 Å². The van der Waals surface area contributed by atoms with Gasteiger partial charge in [-0.2, -0.15) is 5.10 Å². The van der Waals surface area contributed by atoms with E-state index < -0.39 is 0 Å². The molecule has 2 aliphatic carbocycles. The van der Waals surface area contributed by atoms with Crippen molar-refractivity contribution >= 4 is 22.5 Å². The summed E-state index contributed by atoms with van der Waals surface area (Å²) in [6, 6.07) is 8.26. The van der Waals surface area contributed by atoms with E-state index in [0.717, 1.165) is 60.1 Å². The van der Waals surface area contributed by atoms with Crippen LogP contribution < -0.4 is 4.90 Å². The van der Waals surface area contributed by atoms with Crippen molar-refractivity contribution in [1.29, 1.82) is 0 Å². The van der Waals surface area contributed by atoms with Gasteiger partial charge >= 0.3 is 0 Å². The van der Waals surface area contributed by atoms with E-state index in [1.807, 2.05) is 12.1 Å². The zero-order valence-corrected chi connectivity index (χ0v) is 20.8. The highest BCUT2D eigenvalue weighted by Gasteiger charge is 2.31. The van der Waals surface area contributed by atoms with Gasteiger partial charge in [0.2, 0.25) is 5.91 Å². The maximum Gasteiger partial charge on any atom is 0.230 e. The number of hydrogen-bond donors (Lipinski definition) is 3. The van der Waals surface area contributed by atoms with E-state index in [0.29, 0.717) is 17.9 Å². The molecule has 3 N–H and O–H groups in total. The highest BCUT2D eigenvalue weighted by atomic mass is 16.3. The lowest BCUT2D eigenvalue weighted by Gasteiger charge is -2.31. The molecule has 0 bridgehead atoms. The Morgan fingerprint density at radius 1 is 1.24 bits per heavy atom. The lowest BCUT2D eigenvalue weighted by atomic mass is 9.76. The van der Waals surface area contributed by atoms with Crippen LogP contribution in [0.2, 0.25) is 0 Å². The van der Waals surface area contributed by atoms with Crippen molar-refractivity contribution in [3.63, 3.8) is 0 Å². The Bertz CT molecular complexity index is 1170. The van der Waals surface area contributed by atoms with Gasteiger partial charge in [-0.3, -0.25) is 9.89 Å². The highest BCUT2D eigenvalue weighted by molar-refractivity contribution is 5.98. The molecule has 1 saturated carbocycles. The summed E-state index contributed by atoms with van der Waals surface area (Å²) in [7, 11) is 0. The summed E-state index contributed by atoms with van der Waals surface area (Å²) in [5, 5.41) is 18.8. The number of carbonyl (C=O) groups excluding carboxylic acids is 1. The molecule has 0 aliphatic heterocycles. The normalized spacial score (nSPS) is 19.2. The van der Waals surface area contributed by atoms with Crippen molar-refractivity contribution in [2.75, 3.05) is 18.1 Å². The monoisotopic (exact) mass is 462 g/mol. The number of aliphatic hydroxyl groups is 1. The third-order valence-electron chi connectivity index (χ3n) is 8.17. The molecule has 1 atom stereocenters. The number of anilines is 1. The van der Waals surface area contributed by atoms with Gasteiger partial charge in [-0.15, -0.1) is 0 Å². The van der Waals surface area contributed by atoms with E-state index in [1.165, 1.54) is 30.5 Å². The molecule has 182 valence electrons. The maximum absolute atomic E-state index is 13.5. The zero-order chi connectivity index (χ0) is 23.9. The van der Waals surface area contributed by atoms with Crippen LogP contribution >= 0.6 is 0 Å². The number of fused-ring (bicyclic) bond motifs is 2. The first-order valence-electron chi connectivity index (χ1n) is 13.0. The standard InChI is InChI=1S/C28H38N4O2/c1-18(19-7-5-4-6-8-19)27(34)32(13-14-33)21-10-9-20-15-24(29-23(20)16-21)26-22-11-12-28(2,3)17-25(22)30-31-26/h9-10,15-16,18-19,29,33H,4-8,11-14,17H2,1-3H3,(H,30,31). The summed E-state index contributed by atoms with van der Waals surface area (Å²) in [5.41, 5.74) is 6.74. The molecule has 34 heavy (non-hydrogen) atoms. The predicted octanol–water partition coefficient (Wildman–Crippen LogP) is 5.61. The van der Waals surface area contributed by atoms with Gasteiger partial charge in [0.25, 0.3) is 0 Å². The van der Waals surface area contributed by atoms with E-state index in [1.54, 1.807) is 4.90 Å². The van der Waals surface area contributed by atoms with Crippen LogP contribution in [0.25, 0.3) is 22.3 Å². The van der Waals surface area contributed by atoms with Crippen LogP contribution in [0.15, 0.2) is 24.3 Å². The second-order valence-corrected chi connectivity index (χ2v) is 11.2. The van der Waals surface area contributed by atoms with Crippen LogP contribution in [0.3, 0.4) is 0 Å². The van der Waals surface area contributed by atoms with Gasteiger partial charge in [-0.05, 0) is 61.6 Å². The Hall–Kier alpha value is -2.60. The number of H-pyrrole nitrogens is 2. The molecule has 0 spiro atoms. The lowest BCUT2D eigenvalue weighted by Crippen LogP contribution is -2.40. The van der Waals surface area contributed by atoms with Crippen LogP contribution in [-0.2, 0) is 17.6 Å².